The number of pyridine rings is 1. The van der Waals surface area contributed by atoms with Crippen molar-refractivity contribution in [3.05, 3.63) is 30.0 Å². The van der Waals surface area contributed by atoms with E-state index in [0.717, 1.165) is 19.0 Å². The molecule has 2 aromatic rings. The van der Waals surface area contributed by atoms with E-state index in [0.29, 0.717) is 23.5 Å². The lowest BCUT2D eigenvalue weighted by Crippen LogP contribution is -2.34. The van der Waals surface area contributed by atoms with Crippen LogP contribution in [0.1, 0.15) is 37.5 Å². The third-order valence-electron chi connectivity index (χ3n) is 3.85. The number of nitrogens with zero attached hydrogens (tertiary/aromatic N) is 3. The molecule has 2 unspecified atom stereocenters. The molecule has 5 nitrogen and oxygen atoms in total. The Balaban J connectivity index is 1.84. The largest absolute Gasteiger partial charge is 0.339 e. The van der Waals surface area contributed by atoms with E-state index in [1.54, 1.807) is 6.07 Å². The van der Waals surface area contributed by atoms with Gasteiger partial charge in [0.2, 0.25) is 11.7 Å². The number of rotatable bonds is 3. The van der Waals surface area contributed by atoms with E-state index < -0.39 is 0 Å². The molecule has 1 aliphatic carbocycles. The second-order valence-corrected chi connectivity index (χ2v) is 5.10. The molecule has 20 heavy (non-hydrogen) atoms. The van der Waals surface area contributed by atoms with Crippen LogP contribution in [0.15, 0.2) is 22.9 Å². The molecule has 1 saturated carbocycles. The number of hydrogen-bond acceptors (Lipinski definition) is 5. The molecule has 6 heteroatoms. The Morgan fingerprint density at radius 2 is 2.15 bits per heavy atom. The molecule has 106 valence electrons. The Kier molecular flexibility index (Phi) is 3.73. The number of hydrogen-bond donors (Lipinski definition) is 1. The van der Waals surface area contributed by atoms with Gasteiger partial charge in [0.15, 0.2) is 0 Å². The smallest absolute Gasteiger partial charge is 0.231 e. The van der Waals surface area contributed by atoms with Gasteiger partial charge in [0.1, 0.15) is 11.5 Å². The highest BCUT2D eigenvalue weighted by Gasteiger charge is 2.30. The van der Waals surface area contributed by atoms with Crippen molar-refractivity contribution in [1.82, 2.24) is 20.4 Å². The Hall–Kier alpha value is -1.82. The standard InChI is InChI=1S/C14H17FN4O/c1-16-11-5-3-2-4-10(11)14-18-13(19-20-14)12-7-6-9(15)8-17-12/h6-8,10-11,16H,2-5H2,1H3. The molecule has 1 N–H and O–H groups in total. The average Bonchev–Trinajstić information content (AvgIpc) is 2.97. The predicted molar refractivity (Wildman–Crippen MR) is 71.5 cm³/mol. The van der Waals surface area contributed by atoms with Crippen molar-refractivity contribution in [3.63, 3.8) is 0 Å². The molecule has 1 fully saturated rings. The maximum Gasteiger partial charge on any atom is 0.231 e. The minimum Gasteiger partial charge on any atom is -0.339 e. The van der Waals surface area contributed by atoms with Crippen molar-refractivity contribution in [1.29, 1.82) is 0 Å². The molecule has 2 heterocycles. The highest BCUT2D eigenvalue weighted by Crippen LogP contribution is 2.32. The molecule has 0 spiro atoms. The first-order valence-corrected chi connectivity index (χ1v) is 6.90. The minimum absolute atomic E-state index is 0.246. The monoisotopic (exact) mass is 276 g/mol. The molecular weight excluding hydrogens is 259 g/mol. The van der Waals surface area contributed by atoms with Crippen molar-refractivity contribution in [2.45, 2.75) is 37.6 Å². The summed E-state index contributed by atoms with van der Waals surface area (Å²) in [5.41, 5.74) is 0.526. The van der Waals surface area contributed by atoms with Gasteiger partial charge in [0.05, 0.1) is 12.1 Å². The number of nitrogens with one attached hydrogen (secondary N) is 1. The van der Waals surface area contributed by atoms with Crippen LogP contribution in [0, 0.1) is 5.82 Å². The number of aromatic nitrogens is 3. The van der Waals surface area contributed by atoms with Crippen LogP contribution in [0.25, 0.3) is 11.5 Å². The molecular formula is C14H17FN4O. The van der Waals surface area contributed by atoms with Gasteiger partial charge in [-0.05, 0) is 32.0 Å². The molecule has 3 rings (SSSR count). The number of halogens is 1. The van der Waals surface area contributed by atoms with Gasteiger partial charge in [-0.2, -0.15) is 4.98 Å². The fraction of sp³-hybridized carbons (Fsp3) is 0.500. The third kappa shape index (κ3) is 2.56. The fourth-order valence-corrected chi connectivity index (χ4v) is 2.77. The summed E-state index contributed by atoms with van der Waals surface area (Å²) in [6.45, 7) is 0. The predicted octanol–water partition coefficient (Wildman–Crippen LogP) is 2.52. The molecule has 2 aromatic heterocycles. The van der Waals surface area contributed by atoms with Gasteiger partial charge in [0, 0.05) is 6.04 Å². The average molecular weight is 276 g/mol. The first kappa shape index (κ1) is 13.2. The maximum absolute atomic E-state index is 12.9. The Bertz CT molecular complexity index is 569. The van der Waals surface area contributed by atoms with Crippen LogP contribution in [-0.2, 0) is 0 Å². The topological polar surface area (TPSA) is 63.8 Å². The molecule has 0 amide bonds. The van der Waals surface area contributed by atoms with E-state index in [-0.39, 0.29) is 11.7 Å². The van der Waals surface area contributed by atoms with Crippen LogP contribution >= 0.6 is 0 Å². The van der Waals surface area contributed by atoms with Gasteiger partial charge in [-0.1, -0.05) is 18.0 Å². The van der Waals surface area contributed by atoms with Crippen molar-refractivity contribution in [2.24, 2.45) is 0 Å². The molecule has 0 saturated heterocycles. The van der Waals surface area contributed by atoms with Gasteiger partial charge in [-0.25, -0.2) is 9.37 Å². The first-order chi connectivity index (χ1) is 9.78. The molecule has 0 bridgehead atoms. The Morgan fingerprint density at radius 3 is 2.90 bits per heavy atom. The summed E-state index contributed by atoms with van der Waals surface area (Å²) in [4.78, 5) is 8.40. The summed E-state index contributed by atoms with van der Waals surface area (Å²) in [6, 6.07) is 3.27. The first-order valence-electron chi connectivity index (χ1n) is 6.90. The van der Waals surface area contributed by atoms with E-state index in [4.69, 9.17) is 4.52 Å². The van der Waals surface area contributed by atoms with Gasteiger partial charge < -0.3 is 9.84 Å². The zero-order valence-electron chi connectivity index (χ0n) is 11.3. The quantitative estimate of drug-likeness (QED) is 0.933. The Labute approximate surface area is 116 Å². The summed E-state index contributed by atoms with van der Waals surface area (Å²) in [5, 5.41) is 7.28. The minimum atomic E-state index is -0.375. The van der Waals surface area contributed by atoms with E-state index in [2.05, 4.69) is 20.4 Å². The zero-order chi connectivity index (χ0) is 13.9. The van der Waals surface area contributed by atoms with Crippen LogP contribution in [0.2, 0.25) is 0 Å². The van der Waals surface area contributed by atoms with E-state index in [1.165, 1.54) is 18.9 Å². The fourth-order valence-electron chi connectivity index (χ4n) is 2.77. The Morgan fingerprint density at radius 1 is 1.30 bits per heavy atom. The van der Waals surface area contributed by atoms with Crippen LogP contribution in [0.5, 0.6) is 0 Å². The molecule has 2 atom stereocenters. The summed E-state index contributed by atoms with van der Waals surface area (Å²) in [5.74, 6) is 0.932. The molecule has 0 aromatic carbocycles. The lowest BCUT2D eigenvalue weighted by Gasteiger charge is -2.28. The van der Waals surface area contributed by atoms with Crippen LogP contribution < -0.4 is 5.32 Å². The highest BCUT2D eigenvalue weighted by atomic mass is 19.1. The zero-order valence-corrected chi connectivity index (χ0v) is 11.3. The van der Waals surface area contributed by atoms with Gasteiger partial charge in [-0.3, -0.25) is 0 Å². The summed E-state index contributed by atoms with van der Waals surface area (Å²) < 4.78 is 18.2. The summed E-state index contributed by atoms with van der Waals surface area (Å²) >= 11 is 0. The summed E-state index contributed by atoms with van der Waals surface area (Å²) in [7, 11) is 1.96. The second kappa shape index (κ2) is 5.66. The third-order valence-corrected chi connectivity index (χ3v) is 3.85. The SMILES string of the molecule is CNC1CCCCC1c1nc(-c2ccc(F)cn2)no1. The van der Waals surface area contributed by atoms with Gasteiger partial charge in [0.25, 0.3) is 0 Å². The lowest BCUT2D eigenvalue weighted by atomic mass is 9.84. The van der Waals surface area contributed by atoms with E-state index >= 15 is 0 Å². The normalized spacial score (nSPS) is 22.9. The van der Waals surface area contributed by atoms with Gasteiger partial charge in [-0.15, -0.1) is 0 Å². The highest BCUT2D eigenvalue weighted by molar-refractivity contribution is 5.47. The van der Waals surface area contributed by atoms with Crippen LogP contribution in [0.3, 0.4) is 0 Å². The van der Waals surface area contributed by atoms with Gasteiger partial charge >= 0.3 is 0 Å². The van der Waals surface area contributed by atoms with E-state index in [9.17, 15) is 4.39 Å². The molecule has 1 aliphatic rings. The van der Waals surface area contributed by atoms with E-state index in [1.807, 2.05) is 7.05 Å². The number of likely N-dealkylation sites (N-methyl/N-ethyl adjacent to an activating group) is 1. The van der Waals surface area contributed by atoms with Crippen LogP contribution in [-0.4, -0.2) is 28.2 Å². The summed E-state index contributed by atoms with van der Waals surface area (Å²) in [6.07, 6.45) is 5.72. The van der Waals surface area contributed by atoms with Crippen molar-refractivity contribution < 1.29 is 8.91 Å². The van der Waals surface area contributed by atoms with Crippen molar-refractivity contribution in [3.8, 4) is 11.5 Å². The second-order valence-electron chi connectivity index (χ2n) is 5.10. The maximum atomic E-state index is 12.9. The van der Waals surface area contributed by atoms with Crippen molar-refractivity contribution in [2.75, 3.05) is 7.05 Å². The lowest BCUT2D eigenvalue weighted by molar-refractivity contribution is 0.270. The molecule has 0 radical (unpaired) electrons. The van der Waals surface area contributed by atoms with Crippen LogP contribution in [0.4, 0.5) is 4.39 Å². The molecule has 0 aliphatic heterocycles. The van der Waals surface area contributed by atoms with Crippen molar-refractivity contribution >= 4 is 0 Å².